The fourth-order valence-corrected chi connectivity index (χ4v) is 4.04. The van der Waals surface area contributed by atoms with Crippen molar-refractivity contribution < 1.29 is 4.74 Å². The molecule has 5 heteroatoms. The zero-order chi connectivity index (χ0) is 14.5. The molecule has 2 heterocycles. The summed E-state index contributed by atoms with van der Waals surface area (Å²) < 4.78 is 7.82. The summed E-state index contributed by atoms with van der Waals surface area (Å²) in [7, 11) is 1.96. The average Bonchev–Trinajstić information content (AvgIpc) is 2.74. The molecule has 0 spiro atoms. The van der Waals surface area contributed by atoms with Crippen LogP contribution in [0.5, 0.6) is 0 Å². The lowest BCUT2D eigenvalue weighted by atomic mass is 9.46. The van der Waals surface area contributed by atoms with Crippen molar-refractivity contribution in [1.82, 2.24) is 9.78 Å². The monoisotopic (exact) mass is 278 g/mol. The van der Waals surface area contributed by atoms with Gasteiger partial charge in [-0.25, -0.2) is 0 Å². The van der Waals surface area contributed by atoms with Crippen LogP contribution in [0.15, 0.2) is 6.07 Å². The van der Waals surface area contributed by atoms with Crippen molar-refractivity contribution in [3.63, 3.8) is 0 Å². The van der Waals surface area contributed by atoms with E-state index in [2.05, 4.69) is 30.3 Å². The minimum atomic E-state index is -0.212. The van der Waals surface area contributed by atoms with Crippen LogP contribution in [-0.2, 0) is 11.8 Å². The van der Waals surface area contributed by atoms with Crippen LogP contribution in [0, 0.1) is 18.3 Å². The zero-order valence-electron chi connectivity index (χ0n) is 12.9. The number of nitrogens with one attached hydrogen (secondary N) is 1. The van der Waals surface area contributed by atoms with Crippen molar-refractivity contribution in [2.45, 2.75) is 45.3 Å². The van der Waals surface area contributed by atoms with Gasteiger partial charge in [0.25, 0.3) is 0 Å². The van der Waals surface area contributed by atoms with Gasteiger partial charge in [0, 0.05) is 43.1 Å². The molecule has 20 heavy (non-hydrogen) atoms. The Morgan fingerprint density at radius 2 is 2.30 bits per heavy atom. The van der Waals surface area contributed by atoms with Gasteiger partial charge in [0.05, 0.1) is 11.8 Å². The molecule has 1 aromatic rings. The number of nitrogens with zero attached hydrogens (tertiary/aromatic N) is 2. The van der Waals surface area contributed by atoms with Crippen LogP contribution in [0.1, 0.15) is 32.4 Å². The number of fused-ring (bicyclic) bond motifs is 1. The van der Waals surface area contributed by atoms with Crippen LogP contribution in [0.3, 0.4) is 0 Å². The summed E-state index contributed by atoms with van der Waals surface area (Å²) in [5, 5.41) is 7.85. The molecular formula is C15H26N4O. The normalized spacial score (nSPS) is 35.2. The first-order valence-electron chi connectivity index (χ1n) is 7.51. The van der Waals surface area contributed by atoms with Crippen LogP contribution in [0.2, 0.25) is 0 Å². The van der Waals surface area contributed by atoms with Gasteiger partial charge in [-0.3, -0.25) is 4.68 Å². The lowest BCUT2D eigenvalue weighted by Crippen LogP contribution is -2.79. The molecule has 2 fully saturated rings. The number of nitrogens with two attached hydrogens (primary N) is 1. The number of hydrogen-bond donors (Lipinski definition) is 2. The molecule has 1 saturated heterocycles. The van der Waals surface area contributed by atoms with Crippen molar-refractivity contribution >= 4 is 5.82 Å². The summed E-state index contributed by atoms with van der Waals surface area (Å²) in [5.74, 6) is 1.50. The van der Waals surface area contributed by atoms with Gasteiger partial charge in [-0.2, -0.15) is 5.10 Å². The molecule has 1 saturated carbocycles. The number of aromatic nitrogens is 2. The number of anilines is 1. The van der Waals surface area contributed by atoms with Crippen molar-refractivity contribution in [3.05, 3.63) is 11.8 Å². The van der Waals surface area contributed by atoms with Crippen LogP contribution < -0.4 is 11.1 Å². The van der Waals surface area contributed by atoms with Crippen molar-refractivity contribution in [2.75, 3.05) is 18.5 Å². The van der Waals surface area contributed by atoms with Crippen LogP contribution in [0.4, 0.5) is 5.82 Å². The third-order valence-corrected chi connectivity index (χ3v) is 5.46. The fraction of sp³-hybridized carbons (Fsp3) is 0.800. The van der Waals surface area contributed by atoms with Crippen LogP contribution >= 0.6 is 0 Å². The molecule has 1 aromatic heterocycles. The zero-order valence-corrected chi connectivity index (χ0v) is 12.9. The summed E-state index contributed by atoms with van der Waals surface area (Å²) in [4.78, 5) is 0. The third-order valence-electron chi connectivity index (χ3n) is 5.46. The van der Waals surface area contributed by atoms with Crippen molar-refractivity contribution in [2.24, 2.45) is 24.1 Å². The highest BCUT2D eigenvalue weighted by Crippen LogP contribution is 2.57. The number of hydrogen-bond acceptors (Lipinski definition) is 4. The van der Waals surface area contributed by atoms with E-state index in [1.165, 1.54) is 6.42 Å². The largest absolute Gasteiger partial charge is 0.377 e. The minimum Gasteiger partial charge on any atom is -0.377 e. The van der Waals surface area contributed by atoms with E-state index in [0.717, 1.165) is 31.1 Å². The highest BCUT2D eigenvalue weighted by atomic mass is 16.5. The number of aryl methyl sites for hydroxylation is 2. The molecule has 0 aromatic carbocycles. The smallest absolute Gasteiger partial charge is 0.124 e. The SMILES string of the molecule is Cc1cc(NCC2(N)C3CCCOC3C2(C)C)n(C)n1. The Morgan fingerprint density at radius 1 is 1.55 bits per heavy atom. The quantitative estimate of drug-likeness (QED) is 0.883. The summed E-state index contributed by atoms with van der Waals surface area (Å²) in [5.41, 5.74) is 7.59. The Bertz CT molecular complexity index is 510. The van der Waals surface area contributed by atoms with E-state index in [1.54, 1.807) is 0 Å². The molecule has 112 valence electrons. The molecule has 3 atom stereocenters. The molecule has 3 N–H and O–H groups in total. The molecule has 1 aliphatic heterocycles. The maximum atomic E-state index is 6.77. The van der Waals surface area contributed by atoms with Crippen molar-refractivity contribution in [3.8, 4) is 0 Å². The second kappa shape index (κ2) is 4.46. The highest BCUT2D eigenvalue weighted by molar-refractivity contribution is 5.38. The highest BCUT2D eigenvalue weighted by Gasteiger charge is 2.66. The number of ether oxygens (including phenoxy) is 1. The summed E-state index contributed by atoms with van der Waals surface area (Å²) >= 11 is 0. The molecule has 0 radical (unpaired) electrons. The van der Waals surface area contributed by atoms with Gasteiger partial charge in [0.1, 0.15) is 5.82 Å². The Hall–Kier alpha value is -1.07. The topological polar surface area (TPSA) is 65.1 Å². The summed E-state index contributed by atoms with van der Waals surface area (Å²) in [6.45, 7) is 8.12. The van der Waals surface area contributed by atoms with Gasteiger partial charge in [-0.15, -0.1) is 0 Å². The lowest BCUT2D eigenvalue weighted by molar-refractivity contribution is -0.222. The second-order valence-corrected chi connectivity index (χ2v) is 6.95. The van der Waals surface area contributed by atoms with Gasteiger partial charge in [0.2, 0.25) is 0 Å². The maximum absolute atomic E-state index is 6.77. The van der Waals surface area contributed by atoms with E-state index in [1.807, 2.05) is 18.7 Å². The number of rotatable bonds is 3. The van der Waals surface area contributed by atoms with Crippen molar-refractivity contribution in [1.29, 1.82) is 0 Å². The van der Waals surface area contributed by atoms with E-state index < -0.39 is 0 Å². The van der Waals surface area contributed by atoms with E-state index >= 15 is 0 Å². The first-order chi connectivity index (χ1) is 9.36. The maximum Gasteiger partial charge on any atom is 0.124 e. The van der Waals surface area contributed by atoms with Gasteiger partial charge >= 0.3 is 0 Å². The van der Waals surface area contributed by atoms with E-state index in [9.17, 15) is 0 Å². The summed E-state index contributed by atoms with van der Waals surface area (Å²) in [6.07, 6.45) is 2.62. The Labute approximate surface area is 120 Å². The predicted octanol–water partition coefficient (Wildman–Crippen LogP) is 1.67. The molecule has 2 aliphatic rings. The van der Waals surface area contributed by atoms with E-state index in [4.69, 9.17) is 10.5 Å². The fourth-order valence-electron chi connectivity index (χ4n) is 4.04. The average molecular weight is 278 g/mol. The Balaban J connectivity index is 1.74. The van der Waals surface area contributed by atoms with Gasteiger partial charge < -0.3 is 15.8 Å². The Morgan fingerprint density at radius 3 is 2.95 bits per heavy atom. The first kappa shape index (κ1) is 13.9. The van der Waals surface area contributed by atoms with Crippen LogP contribution in [-0.4, -0.2) is 34.6 Å². The molecule has 1 aliphatic carbocycles. The molecule has 3 unspecified atom stereocenters. The minimum absolute atomic E-state index is 0.0126. The molecule has 3 rings (SSSR count). The summed E-state index contributed by atoms with van der Waals surface area (Å²) in [6, 6.07) is 2.06. The van der Waals surface area contributed by atoms with Gasteiger partial charge in [-0.05, 0) is 19.8 Å². The van der Waals surface area contributed by atoms with E-state index in [0.29, 0.717) is 12.0 Å². The molecule has 0 amide bonds. The molecule has 5 nitrogen and oxygen atoms in total. The molecular weight excluding hydrogens is 252 g/mol. The Kier molecular flexibility index (Phi) is 3.10. The lowest BCUT2D eigenvalue weighted by Gasteiger charge is -2.66. The predicted molar refractivity (Wildman–Crippen MR) is 79.6 cm³/mol. The standard InChI is InChI=1S/C15H26N4O/c1-10-8-12(19(4)18-10)17-9-15(16)11-6-5-7-20-13(11)14(15,2)3/h8,11,13,17H,5-7,9,16H2,1-4H3. The molecule has 0 bridgehead atoms. The van der Waals surface area contributed by atoms with Crippen LogP contribution in [0.25, 0.3) is 0 Å². The van der Waals surface area contributed by atoms with Gasteiger partial charge in [0.15, 0.2) is 0 Å². The third kappa shape index (κ3) is 1.79. The van der Waals surface area contributed by atoms with Gasteiger partial charge in [-0.1, -0.05) is 13.8 Å². The second-order valence-electron chi connectivity index (χ2n) is 6.95. The van der Waals surface area contributed by atoms with E-state index in [-0.39, 0.29) is 11.0 Å². The first-order valence-corrected chi connectivity index (χ1v) is 7.51.